The largest absolute Gasteiger partial charge is 0.294 e. The van der Waals surface area contributed by atoms with Crippen LogP contribution in [0.1, 0.15) is 60.5 Å². The molecule has 0 bridgehead atoms. The minimum atomic E-state index is -0.241. The zero-order valence-corrected chi connectivity index (χ0v) is 11.5. The number of rotatable bonds is 2. The molecule has 1 saturated carbocycles. The quantitative estimate of drug-likeness (QED) is 0.699. The zero-order chi connectivity index (χ0) is 13.3. The highest BCUT2D eigenvalue weighted by Crippen LogP contribution is 2.38. The van der Waals surface area contributed by atoms with Crippen LogP contribution < -0.4 is 0 Å². The van der Waals surface area contributed by atoms with Gasteiger partial charge in [-0.2, -0.15) is 0 Å². The number of hydrogen-bond donors (Lipinski definition) is 0. The smallest absolute Gasteiger partial charge is 0.168 e. The minimum absolute atomic E-state index is 0.188. The molecule has 2 rings (SSSR count). The lowest BCUT2D eigenvalue weighted by Gasteiger charge is -2.32. The molecule has 0 aliphatic heterocycles. The van der Waals surface area contributed by atoms with Crippen molar-refractivity contribution >= 4 is 5.78 Å². The summed E-state index contributed by atoms with van der Waals surface area (Å²) in [6.07, 6.45) is 5.40. The molecule has 1 aliphatic rings. The number of carbonyl (C=O) groups is 1. The van der Waals surface area contributed by atoms with E-state index in [1.165, 1.54) is 6.42 Å². The van der Waals surface area contributed by atoms with Crippen molar-refractivity contribution in [3.05, 3.63) is 34.6 Å². The van der Waals surface area contributed by atoms with E-state index in [0.717, 1.165) is 25.7 Å². The lowest BCUT2D eigenvalue weighted by molar-refractivity contribution is 0.0749. The third-order valence-electron chi connectivity index (χ3n) is 4.20. The summed E-state index contributed by atoms with van der Waals surface area (Å²) >= 11 is 0. The van der Waals surface area contributed by atoms with Crippen molar-refractivity contribution in [3.63, 3.8) is 0 Å². The fraction of sp³-hybridized carbons (Fsp3) is 0.562. The number of aryl methyl sites for hydroxylation is 2. The molecule has 0 N–H and O–H groups in total. The van der Waals surface area contributed by atoms with E-state index in [4.69, 9.17) is 0 Å². The van der Waals surface area contributed by atoms with Crippen LogP contribution in [0.15, 0.2) is 12.1 Å². The Labute approximate surface area is 108 Å². The number of ketones is 1. The molecule has 0 aromatic heterocycles. The third kappa shape index (κ3) is 2.33. The molecule has 2 heteroatoms. The van der Waals surface area contributed by atoms with Gasteiger partial charge >= 0.3 is 0 Å². The van der Waals surface area contributed by atoms with Crippen molar-refractivity contribution in [3.8, 4) is 0 Å². The second-order valence-electron chi connectivity index (χ2n) is 5.87. The van der Waals surface area contributed by atoms with Crippen LogP contribution in [0.25, 0.3) is 0 Å². The molecule has 0 unspecified atom stereocenters. The molecule has 0 heterocycles. The van der Waals surface area contributed by atoms with Gasteiger partial charge in [-0.05, 0) is 49.9 Å². The molecular weight excluding hydrogens is 227 g/mol. The van der Waals surface area contributed by atoms with Crippen molar-refractivity contribution in [2.75, 3.05) is 0 Å². The van der Waals surface area contributed by atoms with E-state index in [0.29, 0.717) is 16.7 Å². The van der Waals surface area contributed by atoms with Crippen molar-refractivity contribution in [2.24, 2.45) is 5.41 Å². The van der Waals surface area contributed by atoms with Crippen molar-refractivity contribution < 1.29 is 9.18 Å². The lowest BCUT2D eigenvalue weighted by Crippen LogP contribution is -2.30. The number of hydrogen-bond acceptors (Lipinski definition) is 1. The number of carbonyl (C=O) groups excluding carboxylic acids is 1. The van der Waals surface area contributed by atoms with Gasteiger partial charge in [0.15, 0.2) is 5.78 Å². The maximum absolute atomic E-state index is 13.6. The van der Waals surface area contributed by atoms with Crippen LogP contribution in [0.4, 0.5) is 4.39 Å². The van der Waals surface area contributed by atoms with Gasteiger partial charge in [0, 0.05) is 11.0 Å². The van der Waals surface area contributed by atoms with E-state index in [-0.39, 0.29) is 17.0 Å². The highest BCUT2D eigenvalue weighted by Gasteiger charge is 2.35. The van der Waals surface area contributed by atoms with Crippen molar-refractivity contribution in [2.45, 2.75) is 52.9 Å². The van der Waals surface area contributed by atoms with Gasteiger partial charge in [0.1, 0.15) is 5.82 Å². The maximum atomic E-state index is 13.6. The first kappa shape index (κ1) is 13.3. The predicted octanol–water partition coefficient (Wildman–Crippen LogP) is 4.60. The van der Waals surface area contributed by atoms with Gasteiger partial charge in [-0.25, -0.2) is 4.39 Å². The first-order chi connectivity index (χ1) is 8.44. The molecule has 0 atom stereocenters. The van der Waals surface area contributed by atoms with Gasteiger partial charge in [0.05, 0.1) is 0 Å². The second kappa shape index (κ2) is 4.83. The molecule has 0 saturated heterocycles. The molecule has 1 aromatic carbocycles. The van der Waals surface area contributed by atoms with Crippen LogP contribution in [-0.4, -0.2) is 5.78 Å². The topological polar surface area (TPSA) is 17.1 Å². The Hall–Kier alpha value is -1.18. The molecular formula is C16H21FO. The van der Waals surface area contributed by atoms with E-state index in [9.17, 15) is 9.18 Å². The normalized spacial score (nSPS) is 18.7. The zero-order valence-electron chi connectivity index (χ0n) is 11.5. The summed E-state index contributed by atoms with van der Waals surface area (Å²) in [5.41, 5.74) is 1.57. The van der Waals surface area contributed by atoms with Crippen molar-refractivity contribution in [1.29, 1.82) is 0 Å². The van der Waals surface area contributed by atoms with Gasteiger partial charge in [0.25, 0.3) is 0 Å². The Balaban J connectivity index is 2.34. The summed E-state index contributed by atoms with van der Waals surface area (Å²) in [6, 6.07) is 3.40. The summed E-state index contributed by atoms with van der Waals surface area (Å²) in [6.45, 7) is 5.51. The molecule has 0 spiro atoms. The Morgan fingerprint density at radius 2 is 1.61 bits per heavy atom. The average Bonchev–Trinajstić information content (AvgIpc) is 2.35. The van der Waals surface area contributed by atoms with Crippen LogP contribution in [0.3, 0.4) is 0 Å². The molecule has 1 nitrogen and oxygen atoms in total. The minimum Gasteiger partial charge on any atom is -0.294 e. The fourth-order valence-corrected chi connectivity index (χ4v) is 2.98. The van der Waals surface area contributed by atoms with E-state index in [1.807, 2.05) is 0 Å². The van der Waals surface area contributed by atoms with Crippen LogP contribution in [0, 0.1) is 25.1 Å². The SMILES string of the molecule is Cc1cc(C(=O)C2(C)CCCCC2)cc(C)c1F. The number of Topliss-reactive ketones (excluding diaryl/α,β-unsaturated/α-hetero) is 1. The first-order valence-electron chi connectivity index (χ1n) is 6.75. The van der Waals surface area contributed by atoms with Crippen LogP contribution >= 0.6 is 0 Å². The van der Waals surface area contributed by atoms with Crippen LogP contribution in [0.2, 0.25) is 0 Å². The summed E-state index contributed by atoms with van der Waals surface area (Å²) in [7, 11) is 0. The molecule has 1 fully saturated rings. The van der Waals surface area contributed by atoms with Gasteiger partial charge in [-0.15, -0.1) is 0 Å². The van der Waals surface area contributed by atoms with Crippen molar-refractivity contribution in [1.82, 2.24) is 0 Å². The molecule has 1 aliphatic carbocycles. The van der Waals surface area contributed by atoms with E-state index < -0.39 is 0 Å². The number of halogens is 1. The van der Waals surface area contributed by atoms with E-state index >= 15 is 0 Å². The predicted molar refractivity (Wildman–Crippen MR) is 71.4 cm³/mol. The Morgan fingerprint density at radius 3 is 2.11 bits per heavy atom. The second-order valence-corrected chi connectivity index (χ2v) is 5.87. The molecule has 1 aromatic rings. The van der Waals surface area contributed by atoms with E-state index in [1.54, 1.807) is 26.0 Å². The Bertz CT molecular complexity index is 447. The van der Waals surface area contributed by atoms with Crippen LogP contribution in [0.5, 0.6) is 0 Å². The average molecular weight is 248 g/mol. The standard InChI is InChI=1S/C16H21FO/c1-11-9-13(10-12(2)14(11)17)15(18)16(3)7-5-4-6-8-16/h9-10H,4-8H2,1-3H3. The fourth-order valence-electron chi connectivity index (χ4n) is 2.98. The Morgan fingerprint density at radius 1 is 1.11 bits per heavy atom. The summed E-state index contributed by atoms with van der Waals surface area (Å²) < 4.78 is 13.6. The molecule has 0 amide bonds. The highest BCUT2D eigenvalue weighted by molar-refractivity contribution is 6.00. The summed E-state index contributed by atoms with van der Waals surface area (Å²) in [5, 5.41) is 0. The maximum Gasteiger partial charge on any atom is 0.168 e. The van der Waals surface area contributed by atoms with Gasteiger partial charge in [0.2, 0.25) is 0 Å². The highest BCUT2D eigenvalue weighted by atomic mass is 19.1. The Kier molecular flexibility index (Phi) is 3.56. The van der Waals surface area contributed by atoms with Gasteiger partial charge < -0.3 is 0 Å². The summed E-state index contributed by atoms with van der Waals surface area (Å²) in [4.78, 5) is 12.6. The van der Waals surface area contributed by atoms with Gasteiger partial charge in [-0.3, -0.25) is 4.79 Å². The van der Waals surface area contributed by atoms with Gasteiger partial charge in [-0.1, -0.05) is 26.2 Å². The molecule has 98 valence electrons. The van der Waals surface area contributed by atoms with E-state index in [2.05, 4.69) is 6.92 Å². The first-order valence-corrected chi connectivity index (χ1v) is 6.75. The molecule has 0 radical (unpaired) electrons. The number of benzene rings is 1. The molecule has 18 heavy (non-hydrogen) atoms. The summed E-state index contributed by atoms with van der Waals surface area (Å²) in [5.74, 6) is -0.00579. The monoisotopic (exact) mass is 248 g/mol. The lowest BCUT2D eigenvalue weighted by atomic mass is 9.71. The van der Waals surface area contributed by atoms with Crippen LogP contribution in [-0.2, 0) is 0 Å². The third-order valence-corrected chi connectivity index (χ3v) is 4.20.